The maximum absolute atomic E-state index is 4.85. The summed E-state index contributed by atoms with van der Waals surface area (Å²) in [6.45, 7) is 9.17. The lowest BCUT2D eigenvalue weighted by Gasteiger charge is -2.20. The van der Waals surface area contributed by atoms with Crippen LogP contribution in [0.1, 0.15) is 38.8 Å². The number of fused-ring (bicyclic) bond motifs is 3. The van der Waals surface area contributed by atoms with Gasteiger partial charge in [0.15, 0.2) is 0 Å². The van der Waals surface area contributed by atoms with E-state index in [4.69, 9.17) is 4.98 Å². The van der Waals surface area contributed by atoms with Crippen molar-refractivity contribution in [1.29, 1.82) is 0 Å². The Labute approximate surface area is 225 Å². The summed E-state index contributed by atoms with van der Waals surface area (Å²) in [4.78, 5) is 4.85. The predicted octanol–water partition coefficient (Wildman–Crippen LogP) is 9.03. The Balaban J connectivity index is 1.46. The summed E-state index contributed by atoms with van der Waals surface area (Å²) < 4.78 is 4.67. The van der Waals surface area contributed by atoms with Gasteiger partial charge in [0, 0.05) is 34.4 Å². The average molecular weight is 498 g/mol. The zero-order valence-corrected chi connectivity index (χ0v) is 22.7. The van der Waals surface area contributed by atoms with Crippen molar-refractivity contribution in [3.05, 3.63) is 115 Å². The summed E-state index contributed by atoms with van der Waals surface area (Å²) in [7, 11) is 0. The fourth-order valence-corrected chi connectivity index (χ4v) is 5.82. The Morgan fingerprint density at radius 1 is 0.632 bits per heavy atom. The van der Waals surface area contributed by atoms with Crippen LogP contribution in [0.25, 0.3) is 44.6 Å². The predicted molar refractivity (Wildman–Crippen MR) is 160 cm³/mol. The molecule has 3 heteroatoms. The van der Waals surface area contributed by atoms with Gasteiger partial charge < -0.3 is 4.57 Å². The van der Waals surface area contributed by atoms with Gasteiger partial charge in [-0.1, -0.05) is 82.3 Å². The number of imidazole rings is 1. The molecule has 3 nitrogen and oxygen atoms in total. The van der Waals surface area contributed by atoms with E-state index in [9.17, 15) is 0 Å². The lowest BCUT2D eigenvalue weighted by Crippen LogP contribution is -2.09. The molecule has 0 bridgehead atoms. The van der Waals surface area contributed by atoms with Crippen LogP contribution in [0.3, 0.4) is 0 Å². The molecule has 0 aliphatic heterocycles. The minimum Gasteiger partial charge on any atom is -0.309 e. The molecule has 0 N–H and O–H groups in total. The lowest BCUT2D eigenvalue weighted by atomic mass is 9.94. The van der Waals surface area contributed by atoms with Crippen LogP contribution in [0.2, 0.25) is 0 Å². The normalized spacial score (nSPS) is 11.8. The Bertz CT molecular complexity index is 1630. The number of benzene rings is 4. The minimum absolute atomic E-state index is 0.584. The summed E-state index contributed by atoms with van der Waals surface area (Å²) >= 11 is 0. The second-order valence-corrected chi connectivity index (χ2v) is 11.2. The van der Waals surface area contributed by atoms with Gasteiger partial charge in [-0.05, 0) is 72.2 Å². The number of hydrogen-bond donors (Lipinski definition) is 0. The van der Waals surface area contributed by atoms with Crippen LogP contribution in [0.15, 0.2) is 103 Å². The van der Waals surface area contributed by atoms with Crippen molar-refractivity contribution in [2.75, 3.05) is 0 Å². The van der Waals surface area contributed by atoms with Crippen LogP contribution in [0.5, 0.6) is 0 Å². The Kier molecular flexibility index (Phi) is 6.37. The third kappa shape index (κ3) is 4.32. The molecule has 6 rings (SSSR count). The van der Waals surface area contributed by atoms with Crippen molar-refractivity contribution < 1.29 is 0 Å². The van der Waals surface area contributed by atoms with Gasteiger partial charge in [0.2, 0.25) is 0 Å². The highest BCUT2D eigenvalue weighted by Crippen LogP contribution is 2.33. The van der Waals surface area contributed by atoms with E-state index in [0.717, 1.165) is 29.9 Å². The summed E-state index contributed by atoms with van der Waals surface area (Å²) in [5.74, 6) is 2.15. The van der Waals surface area contributed by atoms with Crippen LogP contribution in [-0.4, -0.2) is 14.1 Å². The molecule has 0 fully saturated rings. The van der Waals surface area contributed by atoms with Gasteiger partial charge in [0.25, 0.3) is 0 Å². The van der Waals surface area contributed by atoms with E-state index in [1.807, 2.05) is 6.20 Å². The number of para-hydroxylation sites is 3. The minimum atomic E-state index is 0.584. The highest BCUT2D eigenvalue weighted by Gasteiger charge is 2.17. The second-order valence-electron chi connectivity index (χ2n) is 11.2. The second kappa shape index (κ2) is 9.98. The van der Waals surface area contributed by atoms with Gasteiger partial charge in [-0.2, -0.15) is 0 Å². The molecule has 38 heavy (non-hydrogen) atoms. The van der Waals surface area contributed by atoms with Crippen molar-refractivity contribution in [2.45, 2.75) is 40.5 Å². The topological polar surface area (TPSA) is 22.8 Å². The quantitative estimate of drug-likeness (QED) is 0.216. The van der Waals surface area contributed by atoms with E-state index < -0.39 is 0 Å². The highest BCUT2D eigenvalue weighted by atomic mass is 15.1. The van der Waals surface area contributed by atoms with Crippen LogP contribution in [0.4, 0.5) is 0 Å². The van der Waals surface area contributed by atoms with Crippen LogP contribution < -0.4 is 0 Å². The monoisotopic (exact) mass is 497 g/mol. The molecular weight excluding hydrogens is 462 g/mol. The summed E-state index contributed by atoms with van der Waals surface area (Å²) in [6, 6.07) is 33.0. The highest BCUT2D eigenvalue weighted by molar-refractivity contribution is 6.09. The first kappa shape index (κ1) is 24.2. The van der Waals surface area contributed by atoms with Crippen molar-refractivity contribution in [3.63, 3.8) is 0 Å². The molecule has 0 radical (unpaired) electrons. The molecular formula is C35H35N3. The van der Waals surface area contributed by atoms with E-state index in [-0.39, 0.29) is 0 Å². The molecule has 0 saturated heterocycles. The number of hydrogen-bond acceptors (Lipinski definition) is 1. The zero-order chi connectivity index (χ0) is 26.2. The number of aromatic nitrogens is 3. The van der Waals surface area contributed by atoms with Crippen molar-refractivity contribution in [1.82, 2.24) is 14.1 Å². The molecule has 0 saturated carbocycles. The van der Waals surface area contributed by atoms with Crippen molar-refractivity contribution in [3.8, 4) is 22.8 Å². The molecule has 2 heterocycles. The van der Waals surface area contributed by atoms with Gasteiger partial charge in [-0.15, -0.1) is 0 Å². The van der Waals surface area contributed by atoms with E-state index in [0.29, 0.717) is 11.8 Å². The van der Waals surface area contributed by atoms with Crippen molar-refractivity contribution in [2.24, 2.45) is 11.8 Å². The van der Waals surface area contributed by atoms with Gasteiger partial charge >= 0.3 is 0 Å². The SMILES string of the molecule is CC(C)Cc1cccc(CC(C)C)c1-n1ccnc1-c1ccc(-n2c3ccccc3c3ccccc32)cc1. The number of rotatable bonds is 7. The standard InChI is InChI=1S/C35H35N3/c1-24(2)22-27-10-9-11-28(23-25(3)4)34(27)37-21-20-36-35(37)26-16-18-29(19-17-26)38-32-14-7-5-12-30(32)31-13-6-8-15-33(31)38/h5-21,24-25H,22-23H2,1-4H3. The van der Waals surface area contributed by atoms with Crippen LogP contribution in [0, 0.1) is 11.8 Å². The molecule has 2 aromatic heterocycles. The maximum atomic E-state index is 4.85. The molecule has 190 valence electrons. The summed E-state index contributed by atoms with van der Waals surface area (Å²) in [6.07, 6.45) is 6.15. The maximum Gasteiger partial charge on any atom is 0.144 e. The van der Waals surface area contributed by atoms with Crippen molar-refractivity contribution >= 4 is 21.8 Å². The first-order valence-electron chi connectivity index (χ1n) is 13.7. The Morgan fingerprint density at radius 2 is 1.18 bits per heavy atom. The molecule has 0 aliphatic rings. The Morgan fingerprint density at radius 3 is 1.74 bits per heavy atom. The smallest absolute Gasteiger partial charge is 0.144 e. The third-order valence-electron chi connectivity index (χ3n) is 7.30. The summed E-state index contributed by atoms with van der Waals surface area (Å²) in [5.41, 5.74) is 8.81. The lowest BCUT2D eigenvalue weighted by molar-refractivity contribution is 0.631. The third-order valence-corrected chi connectivity index (χ3v) is 7.30. The zero-order valence-electron chi connectivity index (χ0n) is 22.7. The summed E-state index contributed by atoms with van der Waals surface area (Å²) in [5, 5.41) is 2.56. The molecule has 0 unspecified atom stereocenters. The van der Waals surface area contributed by atoms with E-state index >= 15 is 0 Å². The first-order chi connectivity index (χ1) is 18.5. The van der Waals surface area contributed by atoms with Crippen LogP contribution >= 0.6 is 0 Å². The molecule has 4 aromatic carbocycles. The fraction of sp³-hybridized carbons (Fsp3) is 0.229. The molecule has 0 atom stereocenters. The molecule has 0 amide bonds. The van der Waals surface area contributed by atoms with Gasteiger partial charge in [0.1, 0.15) is 5.82 Å². The van der Waals surface area contributed by atoms with E-state index in [2.05, 4.69) is 134 Å². The van der Waals surface area contributed by atoms with E-state index in [1.54, 1.807) is 0 Å². The van der Waals surface area contributed by atoms with Crippen LogP contribution in [-0.2, 0) is 12.8 Å². The molecule has 0 aliphatic carbocycles. The van der Waals surface area contributed by atoms with Gasteiger partial charge in [-0.25, -0.2) is 4.98 Å². The van der Waals surface area contributed by atoms with Gasteiger partial charge in [-0.3, -0.25) is 4.57 Å². The average Bonchev–Trinajstić information content (AvgIpc) is 3.51. The van der Waals surface area contributed by atoms with E-state index in [1.165, 1.54) is 38.6 Å². The van der Waals surface area contributed by atoms with Gasteiger partial charge in [0.05, 0.1) is 16.7 Å². The largest absolute Gasteiger partial charge is 0.309 e. The fourth-order valence-electron chi connectivity index (χ4n) is 5.82. The molecule has 6 aromatic rings. The Hall–Kier alpha value is -4.11. The molecule has 0 spiro atoms. The number of nitrogens with zero attached hydrogens (tertiary/aromatic N) is 3. The first-order valence-corrected chi connectivity index (χ1v) is 13.7.